The zero-order chi connectivity index (χ0) is 20.9. The van der Waals surface area contributed by atoms with E-state index in [1.54, 1.807) is 0 Å². The molecule has 1 aromatic carbocycles. The fraction of sp³-hybridized carbons (Fsp3) is 0.364. The van der Waals surface area contributed by atoms with Crippen LogP contribution in [0, 0.1) is 6.92 Å². The Morgan fingerprint density at radius 3 is 2.80 bits per heavy atom. The number of aryl methyl sites for hydroxylation is 2. The van der Waals surface area contributed by atoms with E-state index in [4.69, 9.17) is 10.1 Å². The molecule has 3 aromatic heterocycles. The van der Waals surface area contributed by atoms with Crippen LogP contribution in [0.3, 0.4) is 0 Å². The van der Waals surface area contributed by atoms with Gasteiger partial charge in [0.15, 0.2) is 8.32 Å². The maximum atomic E-state index is 10.4. The normalized spacial score (nSPS) is 21.9. The Labute approximate surface area is 176 Å². The summed E-state index contributed by atoms with van der Waals surface area (Å²) in [4.78, 5) is 24.2. The molecule has 1 fully saturated rings. The number of nitrogens with zero attached hydrogens (tertiary/aromatic N) is 5. The van der Waals surface area contributed by atoms with Crippen molar-refractivity contribution >= 4 is 41.9 Å². The van der Waals surface area contributed by atoms with Gasteiger partial charge in [0.1, 0.15) is 11.0 Å². The molecule has 4 aromatic rings. The lowest BCUT2D eigenvalue weighted by Crippen LogP contribution is -2.34. The molecule has 0 spiro atoms. The van der Waals surface area contributed by atoms with Gasteiger partial charge in [-0.3, -0.25) is 9.67 Å². The van der Waals surface area contributed by atoms with Gasteiger partial charge in [-0.25, -0.2) is 9.97 Å². The predicted octanol–water partition coefficient (Wildman–Crippen LogP) is 4.41. The lowest BCUT2D eigenvalue weighted by molar-refractivity contribution is 0.475. The molecule has 0 bridgehead atoms. The molecule has 0 atom stereocenters. The Hall–Kier alpha value is -2.84. The molecule has 8 heteroatoms. The van der Waals surface area contributed by atoms with E-state index in [1.165, 1.54) is 0 Å². The first-order valence-corrected chi connectivity index (χ1v) is 13.3. The minimum Gasteiger partial charge on any atom is -0.432 e. The number of hydrogen-bond acceptors (Lipinski definition) is 6. The highest BCUT2D eigenvalue weighted by atomic mass is 28.4. The highest BCUT2D eigenvalue weighted by Gasteiger charge is 2.34. The second-order valence-corrected chi connectivity index (χ2v) is 12.7. The zero-order valence-corrected chi connectivity index (χ0v) is 18.6. The molecular weight excluding hydrogens is 392 g/mol. The molecule has 154 valence electrons. The van der Waals surface area contributed by atoms with Gasteiger partial charge in [-0.15, -0.1) is 0 Å². The van der Waals surface area contributed by atoms with E-state index < -0.39 is 8.32 Å². The van der Waals surface area contributed by atoms with Crippen LogP contribution in [0.4, 0.5) is 11.6 Å². The first-order valence-electron chi connectivity index (χ1n) is 10.4. The van der Waals surface area contributed by atoms with Crippen LogP contribution >= 0.6 is 0 Å². The molecule has 0 aliphatic carbocycles. The van der Waals surface area contributed by atoms with Crippen LogP contribution in [0.25, 0.3) is 21.9 Å². The molecule has 1 saturated heterocycles. The van der Waals surface area contributed by atoms with Gasteiger partial charge >= 0.3 is 0 Å². The SMILES string of the molecule is Cc1cc2ncccc2cc1Nc1ncc2c(n1)c(C1CC[Si](C)(O)CC1)nn2C. The van der Waals surface area contributed by atoms with Crippen LogP contribution in [-0.2, 0) is 7.05 Å². The summed E-state index contributed by atoms with van der Waals surface area (Å²) in [7, 11) is -0.0604. The smallest absolute Gasteiger partial charge is 0.227 e. The molecule has 0 unspecified atom stereocenters. The number of fused-ring (bicyclic) bond motifs is 2. The monoisotopic (exact) mass is 418 g/mol. The van der Waals surface area contributed by atoms with Crippen molar-refractivity contribution < 1.29 is 4.80 Å². The predicted molar refractivity (Wildman–Crippen MR) is 121 cm³/mol. The number of aromatic nitrogens is 5. The Morgan fingerprint density at radius 2 is 2.00 bits per heavy atom. The number of hydrogen-bond donors (Lipinski definition) is 2. The van der Waals surface area contributed by atoms with Crippen molar-refractivity contribution in [1.29, 1.82) is 0 Å². The molecule has 1 aliphatic rings. The maximum absolute atomic E-state index is 10.4. The first-order chi connectivity index (χ1) is 14.4. The minimum atomic E-state index is -2.00. The summed E-state index contributed by atoms with van der Waals surface area (Å²) in [6, 6.07) is 10.0. The van der Waals surface area contributed by atoms with E-state index in [9.17, 15) is 4.80 Å². The molecule has 0 saturated carbocycles. The second-order valence-electron chi connectivity index (χ2n) is 8.70. The highest BCUT2D eigenvalue weighted by molar-refractivity contribution is 6.71. The van der Waals surface area contributed by atoms with E-state index in [0.29, 0.717) is 11.9 Å². The van der Waals surface area contributed by atoms with Crippen molar-refractivity contribution in [3.05, 3.63) is 47.9 Å². The Bertz CT molecular complexity index is 1240. The van der Waals surface area contributed by atoms with Gasteiger partial charge < -0.3 is 10.1 Å². The molecule has 4 heterocycles. The van der Waals surface area contributed by atoms with Gasteiger partial charge in [-0.2, -0.15) is 5.10 Å². The molecule has 30 heavy (non-hydrogen) atoms. The average Bonchev–Trinajstić information content (AvgIpc) is 3.04. The molecule has 0 amide bonds. The molecule has 7 nitrogen and oxygen atoms in total. The van der Waals surface area contributed by atoms with Crippen LogP contribution in [0.2, 0.25) is 18.6 Å². The molecule has 1 aliphatic heterocycles. The van der Waals surface area contributed by atoms with Crippen LogP contribution < -0.4 is 5.32 Å². The Balaban J connectivity index is 1.50. The third-order valence-corrected chi connectivity index (χ3v) is 9.00. The summed E-state index contributed by atoms with van der Waals surface area (Å²) in [5, 5.41) is 9.24. The van der Waals surface area contributed by atoms with Gasteiger partial charge in [0.2, 0.25) is 5.95 Å². The number of pyridine rings is 1. The second kappa shape index (κ2) is 7.14. The largest absolute Gasteiger partial charge is 0.432 e. The van der Waals surface area contributed by atoms with Gasteiger partial charge in [0, 0.05) is 30.2 Å². The fourth-order valence-corrected chi connectivity index (χ4v) is 6.58. The summed E-state index contributed by atoms with van der Waals surface area (Å²) in [5.74, 6) is 0.915. The van der Waals surface area contributed by atoms with Gasteiger partial charge in [0.25, 0.3) is 0 Å². The topological polar surface area (TPSA) is 88.8 Å². The van der Waals surface area contributed by atoms with Crippen molar-refractivity contribution in [2.45, 2.75) is 44.3 Å². The number of nitrogens with one attached hydrogen (secondary N) is 1. The van der Waals surface area contributed by atoms with Crippen molar-refractivity contribution in [3.63, 3.8) is 0 Å². The molecule has 2 N–H and O–H groups in total. The highest BCUT2D eigenvalue weighted by Crippen LogP contribution is 2.38. The number of rotatable bonds is 3. The summed E-state index contributed by atoms with van der Waals surface area (Å²) in [5.41, 5.74) is 5.91. The Kier molecular flexibility index (Phi) is 4.55. The fourth-order valence-electron chi connectivity index (χ4n) is 4.39. The summed E-state index contributed by atoms with van der Waals surface area (Å²) < 4.78 is 1.87. The maximum Gasteiger partial charge on any atom is 0.227 e. The van der Waals surface area contributed by atoms with E-state index >= 15 is 0 Å². The average molecular weight is 419 g/mol. The lowest BCUT2D eigenvalue weighted by atomic mass is 9.98. The first kappa shape index (κ1) is 19.1. The van der Waals surface area contributed by atoms with Crippen molar-refractivity contribution in [3.8, 4) is 0 Å². The summed E-state index contributed by atoms with van der Waals surface area (Å²) in [6.07, 6.45) is 5.61. The minimum absolute atomic E-state index is 0.345. The van der Waals surface area contributed by atoms with Gasteiger partial charge in [-0.05, 0) is 62.2 Å². The summed E-state index contributed by atoms with van der Waals surface area (Å²) >= 11 is 0. The lowest BCUT2D eigenvalue weighted by Gasteiger charge is -2.30. The molecule has 0 radical (unpaired) electrons. The zero-order valence-electron chi connectivity index (χ0n) is 17.6. The number of benzene rings is 1. The molecule has 5 rings (SSSR count). The standard InChI is InChI=1S/C22H26N6OSi/c1-14-11-18-16(5-4-8-23-18)12-17(14)25-22-24-13-19-21(26-22)20(27-28(19)2)15-6-9-30(3,29)10-7-15/h4-5,8,11-13,15,29H,6-7,9-10H2,1-3H3,(H,24,25,26). The van der Waals surface area contributed by atoms with Crippen LogP contribution in [0.5, 0.6) is 0 Å². The summed E-state index contributed by atoms with van der Waals surface area (Å²) in [6.45, 7) is 4.12. The third-order valence-electron chi connectivity index (χ3n) is 6.26. The van der Waals surface area contributed by atoms with Crippen molar-refractivity contribution in [2.75, 3.05) is 5.32 Å². The van der Waals surface area contributed by atoms with Gasteiger partial charge in [0.05, 0.1) is 17.4 Å². The van der Waals surface area contributed by atoms with E-state index in [1.807, 2.05) is 30.2 Å². The number of anilines is 2. The van der Waals surface area contributed by atoms with E-state index in [0.717, 1.165) is 63.8 Å². The quantitative estimate of drug-likeness (QED) is 0.479. The third kappa shape index (κ3) is 3.46. The van der Waals surface area contributed by atoms with Crippen LogP contribution in [-0.4, -0.2) is 37.8 Å². The molecular formula is C22H26N6OSi. The Morgan fingerprint density at radius 1 is 1.20 bits per heavy atom. The van der Waals surface area contributed by atoms with Crippen molar-refractivity contribution in [2.24, 2.45) is 7.05 Å². The van der Waals surface area contributed by atoms with Crippen LogP contribution in [0.1, 0.15) is 30.0 Å². The van der Waals surface area contributed by atoms with Gasteiger partial charge in [-0.1, -0.05) is 6.07 Å². The van der Waals surface area contributed by atoms with E-state index in [-0.39, 0.29) is 0 Å². The van der Waals surface area contributed by atoms with E-state index in [2.05, 4.69) is 47.0 Å². The van der Waals surface area contributed by atoms with Crippen molar-refractivity contribution in [1.82, 2.24) is 24.7 Å². The van der Waals surface area contributed by atoms with Crippen LogP contribution in [0.15, 0.2) is 36.7 Å².